The molecule has 40 heavy (non-hydrogen) atoms. The highest BCUT2D eigenvalue weighted by atomic mass is 19.3. The van der Waals surface area contributed by atoms with Gasteiger partial charge in [-0.2, -0.15) is 13.9 Å². The van der Waals surface area contributed by atoms with Crippen molar-refractivity contribution in [2.75, 3.05) is 11.1 Å². The van der Waals surface area contributed by atoms with Crippen molar-refractivity contribution in [1.29, 1.82) is 0 Å². The maximum absolute atomic E-state index is 13.9. The number of aromatic nitrogens is 5. The third-order valence-corrected chi connectivity index (χ3v) is 6.78. The van der Waals surface area contributed by atoms with Gasteiger partial charge >= 0.3 is 6.55 Å². The summed E-state index contributed by atoms with van der Waals surface area (Å²) < 4.78 is 42.2. The van der Waals surface area contributed by atoms with Gasteiger partial charge in [-0.05, 0) is 61.6 Å². The fourth-order valence-corrected chi connectivity index (χ4v) is 4.90. The predicted molar refractivity (Wildman–Crippen MR) is 142 cm³/mol. The summed E-state index contributed by atoms with van der Waals surface area (Å²) in [6.45, 7) is 0.937. The van der Waals surface area contributed by atoms with E-state index < -0.39 is 24.0 Å². The van der Waals surface area contributed by atoms with Crippen LogP contribution in [0.1, 0.15) is 47.1 Å². The summed E-state index contributed by atoms with van der Waals surface area (Å²) in [7, 11) is 0. The molecule has 208 valence electrons. The van der Waals surface area contributed by atoms with Crippen LogP contribution in [0.25, 0.3) is 11.3 Å². The first-order valence-corrected chi connectivity index (χ1v) is 12.6. The summed E-state index contributed by atoms with van der Waals surface area (Å²) in [5.41, 5.74) is 8.88. The minimum atomic E-state index is -2.85. The van der Waals surface area contributed by atoms with Crippen molar-refractivity contribution in [3.63, 3.8) is 0 Å². The molecule has 0 radical (unpaired) electrons. The number of amides is 1. The SMILES string of the molecule is Cc1cc(F)cc(CNc2nc(-c3cnn(C(F)F)c3)c3n(c2=O)[C@H](C(=O)NCc2ccc(N)nc2C)CC3)c1. The van der Waals surface area contributed by atoms with Gasteiger partial charge in [0, 0.05) is 36.2 Å². The average Bonchev–Trinajstić information content (AvgIpc) is 3.56. The van der Waals surface area contributed by atoms with Crippen LogP contribution in [0.2, 0.25) is 0 Å². The normalized spacial score (nSPS) is 14.4. The maximum Gasteiger partial charge on any atom is 0.333 e. The molecule has 0 bridgehead atoms. The zero-order valence-electron chi connectivity index (χ0n) is 21.8. The maximum atomic E-state index is 13.9. The van der Waals surface area contributed by atoms with E-state index in [4.69, 9.17) is 5.73 Å². The van der Waals surface area contributed by atoms with E-state index in [1.807, 2.05) is 0 Å². The molecular formula is C27H27F3N8O2. The lowest BCUT2D eigenvalue weighted by Crippen LogP contribution is -2.36. The number of anilines is 2. The van der Waals surface area contributed by atoms with Gasteiger partial charge in [-0.15, -0.1) is 0 Å². The molecule has 10 nitrogen and oxygen atoms in total. The Morgan fingerprint density at radius 2 is 1.98 bits per heavy atom. The van der Waals surface area contributed by atoms with Crippen LogP contribution in [0.3, 0.4) is 0 Å². The number of rotatable bonds is 8. The van der Waals surface area contributed by atoms with Gasteiger partial charge in [-0.1, -0.05) is 12.1 Å². The number of pyridine rings is 1. The van der Waals surface area contributed by atoms with Gasteiger partial charge in [0.05, 0.1) is 11.9 Å². The highest BCUT2D eigenvalue weighted by Crippen LogP contribution is 2.32. The van der Waals surface area contributed by atoms with Crippen molar-refractivity contribution in [2.45, 2.75) is 52.4 Å². The van der Waals surface area contributed by atoms with E-state index in [9.17, 15) is 22.8 Å². The van der Waals surface area contributed by atoms with E-state index in [2.05, 4.69) is 25.7 Å². The smallest absolute Gasteiger partial charge is 0.333 e. The fraction of sp³-hybridized carbons (Fsp3) is 0.296. The molecule has 5 rings (SSSR count). The number of nitrogen functional groups attached to an aromatic ring is 1. The largest absolute Gasteiger partial charge is 0.384 e. The van der Waals surface area contributed by atoms with E-state index in [-0.39, 0.29) is 36.1 Å². The molecule has 0 fully saturated rings. The van der Waals surface area contributed by atoms with Crippen LogP contribution in [-0.2, 0) is 24.3 Å². The molecule has 3 aromatic heterocycles. The number of fused-ring (bicyclic) bond motifs is 1. The molecule has 0 spiro atoms. The Labute approximate surface area is 227 Å². The third-order valence-electron chi connectivity index (χ3n) is 6.78. The minimum Gasteiger partial charge on any atom is -0.384 e. The molecule has 0 saturated heterocycles. The Bertz CT molecular complexity index is 1630. The highest BCUT2D eigenvalue weighted by Gasteiger charge is 2.33. The van der Waals surface area contributed by atoms with Crippen LogP contribution in [-0.4, -0.2) is 30.2 Å². The number of carbonyl (C=O) groups is 1. The van der Waals surface area contributed by atoms with E-state index in [0.717, 1.165) is 11.8 Å². The Balaban J connectivity index is 1.49. The number of hydrogen-bond donors (Lipinski definition) is 3. The number of halogens is 3. The van der Waals surface area contributed by atoms with Gasteiger partial charge in [0.25, 0.3) is 5.56 Å². The number of alkyl halides is 2. The quantitative estimate of drug-likeness (QED) is 0.304. The molecule has 1 atom stereocenters. The zero-order chi connectivity index (χ0) is 28.6. The first-order valence-electron chi connectivity index (χ1n) is 12.6. The zero-order valence-corrected chi connectivity index (χ0v) is 21.8. The van der Waals surface area contributed by atoms with Crippen molar-refractivity contribution in [2.24, 2.45) is 0 Å². The van der Waals surface area contributed by atoms with E-state index in [1.165, 1.54) is 22.9 Å². The summed E-state index contributed by atoms with van der Waals surface area (Å²) in [6, 6.07) is 7.04. The third kappa shape index (κ3) is 5.40. The molecule has 0 aliphatic carbocycles. The monoisotopic (exact) mass is 552 g/mol. The van der Waals surface area contributed by atoms with Crippen LogP contribution in [0.15, 0.2) is 47.5 Å². The predicted octanol–water partition coefficient (Wildman–Crippen LogP) is 3.65. The number of nitrogens with two attached hydrogens (primary N) is 1. The number of carbonyl (C=O) groups excluding carboxylic acids is 1. The summed E-state index contributed by atoms with van der Waals surface area (Å²) in [5, 5.41) is 9.50. The van der Waals surface area contributed by atoms with Crippen LogP contribution < -0.4 is 21.9 Å². The van der Waals surface area contributed by atoms with Crippen molar-refractivity contribution >= 4 is 17.5 Å². The minimum absolute atomic E-state index is 0.0796. The molecular weight excluding hydrogens is 525 g/mol. The van der Waals surface area contributed by atoms with Crippen LogP contribution >= 0.6 is 0 Å². The molecule has 1 aromatic carbocycles. The van der Waals surface area contributed by atoms with Crippen LogP contribution in [0.4, 0.5) is 24.8 Å². The second kappa shape index (κ2) is 10.8. The number of benzene rings is 1. The topological polar surface area (TPSA) is 133 Å². The molecule has 1 aliphatic heterocycles. The Hall–Kier alpha value is -4.68. The van der Waals surface area contributed by atoms with E-state index in [1.54, 1.807) is 32.0 Å². The number of nitrogens with zero attached hydrogens (tertiary/aromatic N) is 5. The van der Waals surface area contributed by atoms with Gasteiger partial charge < -0.3 is 16.4 Å². The lowest BCUT2D eigenvalue weighted by molar-refractivity contribution is -0.124. The molecule has 4 N–H and O–H groups in total. The summed E-state index contributed by atoms with van der Waals surface area (Å²) >= 11 is 0. The first kappa shape index (κ1) is 26.9. The van der Waals surface area contributed by atoms with Crippen LogP contribution in [0.5, 0.6) is 0 Å². The number of nitrogens with one attached hydrogen (secondary N) is 2. The van der Waals surface area contributed by atoms with Gasteiger partial charge in [-0.25, -0.2) is 19.0 Å². The van der Waals surface area contributed by atoms with E-state index >= 15 is 0 Å². The summed E-state index contributed by atoms with van der Waals surface area (Å²) in [4.78, 5) is 35.6. The first-order chi connectivity index (χ1) is 19.1. The molecule has 13 heteroatoms. The molecule has 1 amide bonds. The average molecular weight is 553 g/mol. The van der Waals surface area contributed by atoms with Crippen molar-refractivity contribution in [3.8, 4) is 11.3 Å². The number of aryl methyl sites for hydroxylation is 2. The molecule has 0 saturated carbocycles. The van der Waals surface area contributed by atoms with Crippen molar-refractivity contribution in [1.82, 2.24) is 29.6 Å². The number of hydrogen-bond acceptors (Lipinski definition) is 7. The summed E-state index contributed by atoms with van der Waals surface area (Å²) in [6.07, 6.45) is 3.01. The lowest BCUT2D eigenvalue weighted by Gasteiger charge is -2.18. The Morgan fingerprint density at radius 3 is 2.67 bits per heavy atom. The van der Waals surface area contributed by atoms with Crippen molar-refractivity contribution in [3.05, 3.63) is 87.0 Å². The van der Waals surface area contributed by atoms with Gasteiger partial charge in [0.2, 0.25) is 5.91 Å². The Kier molecular flexibility index (Phi) is 7.28. The molecule has 4 heterocycles. The lowest BCUT2D eigenvalue weighted by atomic mass is 10.1. The van der Waals surface area contributed by atoms with Gasteiger partial charge in [0.1, 0.15) is 17.7 Å². The second-order valence-electron chi connectivity index (χ2n) is 9.66. The molecule has 1 aliphatic rings. The second-order valence-corrected chi connectivity index (χ2v) is 9.66. The summed E-state index contributed by atoms with van der Waals surface area (Å²) in [5.74, 6) is -0.528. The van der Waals surface area contributed by atoms with Gasteiger partial charge in [0.15, 0.2) is 5.82 Å². The molecule has 4 aromatic rings. The van der Waals surface area contributed by atoms with Gasteiger partial charge in [-0.3, -0.25) is 14.2 Å². The highest BCUT2D eigenvalue weighted by molar-refractivity contribution is 5.81. The van der Waals surface area contributed by atoms with Crippen molar-refractivity contribution < 1.29 is 18.0 Å². The standard InChI is InChI=1S/C27H27F3N8O2/c1-14-7-16(9-19(28)8-14)10-32-24-26(40)38-20(23(36-24)18-12-34-37(13-18)27(29)30)4-5-21(38)25(39)33-11-17-3-6-22(31)35-15(17)2/h3,6-9,12-13,21,27H,4-5,10-11H2,1-2H3,(H2,31,35)(H,32,36)(H,33,39)/t21-/m0/s1. The van der Waals surface area contributed by atoms with E-state index in [0.29, 0.717) is 45.9 Å². The Morgan fingerprint density at radius 1 is 1.18 bits per heavy atom. The van der Waals surface area contributed by atoms with Crippen LogP contribution in [0, 0.1) is 19.7 Å². The fourth-order valence-electron chi connectivity index (χ4n) is 4.90. The molecule has 0 unspecified atom stereocenters.